The van der Waals surface area contributed by atoms with Crippen molar-refractivity contribution in [2.75, 3.05) is 5.73 Å². The molecule has 0 unspecified atom stereocenters. The second-order valence-corrected chi connectivity index (χ2v) is 3.74. The molecule has 3 N–H and O–H groups in total. The zero-order valence-corrected chi connectivity index (χ0v) is 8.88. The standard InChI is InChI=1S/C10H10ClN3O/c1-6-4-10(15)13-14(6)9-5-7(11)2-3-8(9)12/h2-5H,12H2,1H3,(H,13,15). The average molecular weight is 224 g/mol. The van der Waals surface area contributed by atoms with Gasteiger partial charge in [-0.3, -0.25) is 14.6 Å². The first-order valence-electron chi connectivity index (χ1n) is 4.42. The second-order valence-electron chi connectivity index (χ2n) is 3.30. The highest BCUT2D eigenvalue weighted by atomic mass is 35.5. The number of benzene rings is 1. The van der Waals surface area contributed by atoms with E-state index in [1.54, 1.807) is 22.9 Å². The molecule has 1 heterocycles. The third kappa shape index (κ3) is 1.76. The van der Waals surface area contributed by atoms with Crippen LogP contribution in [0.15, 0.2) is 29.1 Å². The summed E-state index contributed by atoms with van der Waals surface area (Å²) in [6.45, 7) is 1.82. The second kappa shape index (κ2) is 3.47. The van der Waals surface area contributed by atoms with Crippen LogP contribution in [0.4, 0.5) is 5.69 Å². The van der Waals surface area contributed by atoms with Gasteiger partial charge in [-0.1, -0.05) is 11.6 Å². The van der Waals surface area contributed by atoms with Crippen LogP contribution in [0, 0.1) is 6.92 Å². The summed E-state index contributed by atoms with van der Waals surface area (Å²) in [7, 11) is 0. The zero-order valence-electron chi connectivity index (χ0n) is 8.12. The maximum Gasteiger partial charge on any atom is 0.264 e. The van der Waals surface area contributed by atoms with Crippen molar-refractivity contribution in [1.82, 2.24) is 9.78 Å². The highest BCUT2D eigenvalue weighted by Gasteiger charge is 2.06. The summed E-state index contributed by atoms with van der Waals surface area (Å²) in [5.41, 5.74) is 7.67. The Morgan fingerprint density at radius 1 is 1.40 bits per heavy atom. The number of nitrogens with zero attached hydrogens (tertiary/aromatic N) is 1. The maximum absolute atomic E-state index is 11.1. The van der Waals surface area contributed by atoms with Crippen LogP contribution < -0.4 is 11.3 Å². The Kier molecular flexibility index (Phi) is 2.28. The van der Waals surface area contributed by atoms with E-state index in [4.69, 9.17) is 17.3 Å². The fraction of sp³-hybridized carbons (Fsp3) is 0.100. The fourth-order valence-electron chi connectivity index (χ4n) is 1.45. The monoisotopic (exact) mass is 223 g/mol. The van der Waals surface area contributed by atoms with E-state index in [9.17, 15) is 4.79 Å². The molecule has 0 bridgehead atoms. The number of nitrogen functional groups attached to an aromatic ring is 1. The first kappa shape index (κ1) is 9.86. The molecule has 0 fully saturated rings. The van der Waals surface area contributed by atoms with Crippen LogP contribution in [-0.4, -0.2) is 9.78 Å². The number of hydrogen-bond acceptors (Lipinski definition) is 2. The minimum absolute atomic E-state index is 0.160. The molecule has 2 aromatic rings. The van der Waals surface area contributed by atoms with Crippen molar-refractivity contribution in [1.29, 1.82) is 0 Å². The van der Waals surface area contributed by atoms with Crippen molar-refractivity contribution in [2.24, 2.45) is 0 Å². The topological polar surface area (TPSA) is 63.8 Å². The lowest BCUT2D eigenvalue weighted by atomic mass is 10.2. The molecule has 1 aromatic carbocycles. The van der Waals surface area contributed by atoms with E-state index in [1.807, 2.05) is 6.92 Å². The van der Waals surface area contributed by atoms with E-state index >= 15 is 0 Å². The number of nitrogens with one attached hydrogen (secondary N) is 1. The van der Waals surface area contributed by atoms with Gasteiger partial charge in [-0.05, 0) is 25.1 Å². The molecule has 2 rings (SSSR count). The van der Waals surface area contributed by atoms with Crippen LogP contribution >= 0.6 is 11.6 Å². The Morgan fingerprint density at radius 3 is 2.73 bits per heavy atom. The van der Waals surface area contributed by atoms with E-state index in [0.29, 0.717) is 16.4 Å². The molecular weight excluding hydrogens is 214 g/mol. The van der Waals surface area contributed by atoms with Crippen LogP contribution in [0.5, 0.6) is 0 Å². The Hall–Kier alpha value is -1.68. The van der Waals surface area contributed by atoms with Gasteiger partial charge in [0.05, 0.1) is 11.4 Å². The number of nitrogens with two attached hydrogens (primary N) is 1. The van der Waals surface area contributed by atoms with Gasteiger partial charge in [0.25, 0.3) is 5.56 Å². The van der Waals surface area contributed by atoms with Crippen molar-refractivity contribution < 1.29 is 0 Å². The smallest absolute Gasteiger partial charge is 0.264 e. The van der Waals surface area contributed by atoms with Crippen molar-refractivity contribution in [2.45, 2.75) is 6.92 Å². The minimum Gasteiger partial charge on any atom is -0.397 e. The zero-order chi connectivity index (χ0) is 11.0. The largest absolute Gasteiger partial charge is 0.397 e. The van der Waals surface area contributed by atoms with E-state index in [1.165, 1.54) is 6.07 Å². The molecule has 0 saturated carbocycles. The normalized spacial score (nSPS) is 10.5. The Bertz CT molecular complexity index is 556. The average Bonchev–Trinajstić information content (AvgIpc) is 2.50. The minimum atomic E-state index is -0.160. The van der Waals surface area contributed by atoms with Crippen molar-refractivity contribution >= 4 is 17.3 Å². The molecule has 0 atom stereocenters. The molecule has 0 spiro atoms. The van der Waals surface area contributed by atoms with Gasteiger partial charge in [-0.2, -0.15) is 0 Å². The predicted molar refractivity (Wildman–Crippen MR) is 60.5 cm³/mol. The number of aryl methyl sites for hydroxylation is 1. The Morgan fingerprint density at radius 2 is 2.13 bits per heavy atom. The lowest BCUT2D eigenvalue weighted by Gasteiger charge is -2.08. The van der Waals surface area contributed by atoms with E-state index < -0.39 is 0 Å². The lowest BCUT2D eigenvalue weighted by molar-refractivity contribution is 0.836. The van der Waals surface area contributed by atoms with Gasteiger partial charge < -0.3 is 5.73 Å². The molecule has 0 aliphatic rings. The molecule has 4 nitrogen and oxygen atoms in total. The molecular formula is C10H10ClN3O. The lowest BCUT2D eigenvalue weighted by Crippen LogP contribution is -2.06. The number of anilines is 1. The van der Waals surface area contributed by atoms with Crippen molar-refractivity contribution in [3.05, 3.63) is 45.3 Å². The molecule has 78 valence electrons. The number of rotatable bonds is 1. The Balaban J connectivity index is 2.68. The van der Waals surface area contributed by atoms with Crippen LogP contribution in [0.25, 0.3) is 5.69 Å². The van der Waals surface area contributed by atoms with Crippen LogP contribution in [-0.2, 0) is 0 Å². The first-order chi connectivity index (χ1) is 7.08. The van der Waals surface area contributed by atoms with Gasteiger partial charge in [-0.25, -0.2) is 0 Å². The molecule has 15 heavy (non-hydrogen) atoms. The van der Waals surface area contributed by atoms with Crippen molar-refractivity contribution in [3.63, 3.8) is 0 Å². The molecule has 0 saturated heterocycles. The predicted octanol–water partition coefficient (Wildman–Crippen LogP) is 1.71. The van der Waals surface area contributed by atoms with E-state index in [2.05, 4.69) is 5.10 Å². The van der Waals surface area contributed by atoms with E-state index in [0.717, 1.165) is 5.69 Å². The molecule has 1 aromatic heterocycles. The van der Waals surface area contributed by atoms with Gasteiger partial charge >= 0.3 is 0 Å². The summed E-state index contributed by atoms with van der Waals surface area (Å²) in [6, 6.07) is 6.62. The van der Waals surface area contributed by atoms with E-state index in [-0.39, 0.29) is 5.56 Å². The molecule has 0 aliphatic heterocycles. The van der Waals surface area contributed by atoms with Crippen LogP contribution in [0.1, 0.15) is 5.69 Å². The third-order valence-electron chi connectivity index (χ3n) is 2.15. The number of H-pyrrole nitrogens is 1. The number of hydrogen-bond donors (Lipinski definition) is 2. The molecule has 0 radical (unpaired) electrons. The molecule has 0 amide bonds. The summed E-state index contributed by atoms with van der Waals surface area (Å²) in [4.78, 5) is 11.1. The third-order valence-corrected chi connectivity index (χ3v) is 2.38. The summed E-state index contributed by atoms with van der Waals surface area (Å²) < 4.78 is 1.61. The van der Waals surface area contributed by atoms with Gasteiger partial charge in [0.2, 0.25) is 0 Å². The number of halogens is 1. The van der Waals surface area contributed by atoms with Crippen LogP contribution in [0.3, 0.4) is 0 Å². The maximum atomic E-state index is 11.1. The molecule has 0 aliphatic carbocycles. The fourth-order valence-corrected chi connectivity index (χ4v) is 1.61. The summed E-state index contributed by atoms with van der Waals surface area (Å²) in [5, 5.41) is 3.23. The Labute approximate surface area is 91.3 Å². The summed E-state index contributed by atoms with van der Waals surface area (Å²) in [6.07, 6.45) is 0. The highest BCUT2D eigenvalue weighted by Crippen LogP contribution is 2.21. The number of aromatic amines is 1. The van der Waals surface area contributed by atoms with Gasteiger partial charge in [0.15, 0.2) is 0 Å². The van der Waals surface area contributed by atoms with Crippen molar-refractivity contribution in [3.8, 4) is 5.69 Å². The van der Waals surface area contributed by atoms with Crippen LogP contribution in [0.2, 0.25) is 5.02 Å². The summed E-state index contributed by atoms with van der Waals surface area (Å²) >= 11 is 5.86. The van der Waals surface area contributed by atoms with Gasteiger partial charge in [0, 0.05) is 16.8 Å². The summed E-state index contributed by atoms with van der Waals surface area (Å²) in [5.74, 6) is 0. The van der Waals surface area contributed by atoms with Gasteiger partial charge in [0.1, 0.15) is 0 Å². The quantitative estimate of drug-likeness (QED) is 0.723. The first-order valence-corrected chi connectivity index (χ1v) is 4.80. The number of aromatic nitrogens is 2. The highest BCUT2D eigenvalue weighted by molar-refractivity contribution is 6.30. The SMILES string of the molecule is Cc1cc(=O)[nH]n1-c1cc(Cl)ccc1N. The molecule has 5 heteroatoms. The van der Waals surface area contributed by atoms with Gasteiger partial charge in [-0.15, -0.1) is 0 Å².